The van der Waals surface area contributed by atoms with Crippen LogP contribution in [0, 0.1) is 0 Å². The van der Waals surface area contributed by atoms with Gasteiger partial charge in [0.05, 0.1) is 16.7 Å². The van der Waals surface area contributed by atoms with Crippen molar-refractivity contribution in [2.45, 2.75) is 0 Å². The molecule has 0 fully saturated rings. The molecule has 0 spiro atoms. The molecule has 67 heavy (non-hydrogen) atoms. The van der Waals surface area contributed by atoms with Crippen molar-refractivity contribution < 1.29 is 0 Å². The molecule has 0 aliphatic heterocycles. The number of rotatable bonds is 10. The SMILES string of the molecule is c1ccc(-c2ccc(N(c3ccc([Si](c4ccccc4)(c4ccccc4)c4ccccc4)cc3)c3ccc(-n4c5ccccc5c5c6ccccc6ccc54)cc3-c3ccccc3)cc2)cc1. The number of hydrogen-bond donors (Lipinski definition) is 0. The second-order valence-electron chi connectivity index (χ2n) is 17.2. The topological polar surface area (TPSA) is 8.17 Å². The van der Waals surface area contributed by atoms with Crippen LogP contribution >= 0.6 is 0 Å². The van der Waals surface area contributed by atoms with E-state index >= 15 is 0 Å². The van der Waals surface area contributed by atoms with E-state index in [9.17, 15) is 0 Å². The summed E-state index contributed by atoms with van der Waals surface area (Å²) in [4.78, 5) is 2.45. The molecule has 316 valence electrons. The molecule has 0 bridgehead atoms. The largest absolute Gasteiger partial charge is 0.310 e. The van der Waals surface area contributed by atoms with Crippen LogP contribution in [0.5, 0.6) is 0 Å². The van der Waals surface area contributed by atoms with E-state index in [0.29, 0.717) is 0 Å². The van der Waals surface area contributed by atoms with E-state index in [1.54, 1.807) is 0 Å². The molecule has 2 nitrogen and oxygen atoms in total. The number of para-hydroxylation sites is 1. The lowest BCUT2D eigenvalue weighted by Gasteiger charge is -2.35. The molecule has 12 aromatic rings. The van der Waals surface area contributed by atoms with E-state index in [0.717, 1.165) is 33.9 Å². The molecule has 0 aliphatic carbocycles. The van der Waals surface area contributed by atoms with Crippen molar-refractivity contribution in [2.75, 3.05) is 4.90 Å². The number of benzene rings is 11. The molecular formula is C64H46N2Si. The van der Waals surface area contributed by atoms with Crippen LogP contribution in [0.4, 0.5) is 17.1 Å². The van der Waals surface area contributed by atoms with Crippen LogP contribution in [0.3, 0.4) is 0 Å². The summed E-state index contributed by atoms with van der Waals surface area (Å²) in [7, 11) is -2.75. The average molecular weight is 871 g/mol. The molecule has 0 atom stereocenters. The van der Waals surface area contributed by atoms with Gasteiger partial charge in [0.2, 0.25) is 0 Å². The van der Waals surface area contributed by atoms with Gasteiger partial charge in [-0.2, -0.15) is 0 Å². The van der Waals surface area contributed by atoms with E-state index in [1.807, 2.05) is 0 Å². The Bertz CT molecular complexity index is 3550. The Morgan fingerprint density at radius 1 is 0.313 bits per heavy atom. The van der Waals surface area contributed by atoms with Gasteiger partial charge in [0.1, 0.15) is 0 Å². The average Bonchev–Trinajstić information content (AvgIpc) is 3.76. The molecule has 0 saturated carbocycles. The highest BCUT2D eigenvalue weighted by molar-refractivity contribution is 7.19. The highest BCUT2D eigenvalue weighted by atomic mass is 28.3. The van der Waals surface area contributed by atoms with Crippen molar-refractivity contribution in [3.05, 3.63) is 279 Å². The van der Waals surface area contributed by atoms with Gasteiger partial charge in [0.15, 0.2) is 8.07 Å². The van der Waals surface area contributed by atoms with Gasteiger partial charge in [0, 0.05) is 33.4 Å². The Morgan fingerprint density at radius 3 is 1.37 bits per heavy atom. The molecule has 0 N–H and O–H groups in total. The standard InChI is InChI=1S/C64H46N2Si/c1-6-20-47(21-7-1)48-34-37-51(38-35-48)65(52-39-42-57(43-40-52)67(54-25-10-3-11-26-54,55-27-12-4-13-28-55)56-29-14-5-15-30-56)62-45-41-53(46-60(62)49-22-8-2-9-23-49)66-61-33-19-18-32-59(61)64-58-31-17-16-24-50(58)36-44-63(64)66/h1-46H. The molecule has 12 rings (SSSR count). The van der Waals surface area contributed by atoms with Crippen LogP contribution in [0.15, 0.2) is 279 Å². The van der Waals surface area contributed by atoms with Gasteiger partial charge in [-0.15, -0.1) is 0 Å². The number of anilines is 3. The summed E-state index contributed by atoms with van der Waals surface area (Å²) >= 11 is 0. The van der Waals surface area contributed by atoms with Gasteiger partial charge >= 0.3 is 0 Å². The number of nitrogens with zero attached hydrogens (tertiary/aromatic N) is 2. The molecule has 0 amide bonds. The third-order valence-electron chi connectivity index (χ3n) is 13.5. The first-order valence-electron chi connectivity index (χ1n) is 23.1. The molecule has 0 aliphatic rings. The van der Waals surface area contributed by atoms with Crippen molar-refractivity contribution in [1.29, 1.82) is 0 Å². The fraction of sp³-hybridized carbons (Fsp3) is 0. The quantitative estimate of drug-likeness (QED) is 0.0982. The second kappa shape index (κ2) is 17.1. The summed E-state index contributed by atoms with van der Waals surface area (Å²) in [6.45, 7) is 0. The van der Waals surface area contributed by atoms with E-state index in [4.69, 9.17) is 0 Å². The van der Waals surface area contributed by atoms with Crippen molar-refractivity contribution in [3.8, 4) is 27.9 Å². The highest BCUT2D eigenvalue weighted by Crippen LogP contribution is 2.44. The van der Waals surface area contributed by atoms with Crippen molar-refractivity contribution in [2.24, 2.45) is 0 Å². The Labute approximate surface area is 392 Å². The first-order chi connectivity index (χ1) is 33.3. The smallest absolute Gasteiger partial charge is 0.179 e. The summed E-state index contributed by atoms with van der Waals surface area (Å²) in [5.41, 5.74) is 11.4. The van der Waals surface area contributed by atoms with Gasteiger partial charge in [-0.25, -0.2) is 0 Å². The maximum absolute atomic E-state index is 2.75. The summed E-state index contributed by atoms with van der Waals surface area (Å²) in [6.07, 6.45) is 0. The van der Waals surface area contributed by atoms with E-state index in [1.165, 1.54) is 64.5 Å². The fourth-order valence-electron chi connectivity index (χ4n) is 10.5. The number of aromatic nitrogens is 1. The predicted molar refractivity (Wildman–Crippen MR) is 287 cm³/mol. The monoisotopic (exact) mass is 870 g/mol. The zero-order chi connectivity index (χ0) is 44.6. The molecular weight excluding hydrogens is 825 g/mol. The minimum Gasteiger partial charge on any atom is -0.310 e. The van der Waals surface area contributed by atoms with Crippen LogP contribution in [-0.4, -0.2) is 12.6 Å². The summed E-state index contributed by atoms with van der Waals surface area (Å²) < 4.78 is 2.45. The Balaban J connectivity index is 1.08. The molecule has 3 heteroatoms. The molecule has 0 radical (unpaired) electrons. The van der Waals surface area contributed by atoms with E-state index in [-0.39, 0.29) is 0 Å². The fourth-order valence-corrected chi connectivity index (χ4v) is 15.3. The third kappa shape index (κ3) is 6.96. The Morgan fingerprint density at radius 2 is 0.776 bits per heavy atom. The highest BCUT2D eigenvalue weighted by Gasteiger charge is 2.41. The van der Waals surface area contributed by atoms with Crippen LogP contribution in [-0.2, 0) is 0 Å². The lowest BCUT2D eigenvalue weighted by atomic mass is 10.00. The predicted octanol–water partition coefficient (Wildman–Crippen LogP) is 14.1. The van der Waals surface area contributed by atoms with Gasteiger partial charge in [-0.05, 0) is 103 Å². The lowest BCUT2D eigenvalue weighted by Crippen LogP contribution is -2.74. The first-order valence-corrected chi connectivity index (χ1v) is 25.1. The zero-order valence-corrected chi connectivity index (χ0v) is 38.0. The minimum atomic E-state index is -2.75. The van der Waals surface area contributed by atoms with Crippen molar-refractivity contribution in [1.82, 2.24) is 4.57 Å². The minimum absolute atomic E-state index is 1.08. The summed E-state index contributed by atoms with van der Waals surface area (Å²) in [6, 6.07) is 103. The maximum atomic E-state index is 2.45. The lowest BCUT2D eigenvalue weighted by molar-refractivity contribution is 1.17. The second-order valence-corrected chi connectivity index (χ2v) is 21.1. The zero-order valence-electron chi connectivity index (χ0n) is 37.0. The Hall–Kier alpha value is -8.50. The number of fused-ring (bicyclic) bond motifs is 5. The van der Waals surface area contributed by atoms with Gasteiger partial charge in [-0.3, -0.25) is 0 Å². The van der Waals surface area contributed by atoms with Crippen LogP contribution in [0.2, 0.25) is 0 Å². The normalized spacial score (nSPS) is 11.6. The molecule has 0 saturated heterocycles. The van der Waals surface area contributed by atoms with Crippen LogP contribution in [0.1, 0.15) is 0 Å². The van der Waals surface area contributed by atoms with Crippen LogP contribution in [0.25, 0.3) is 60.5 Å². The van der Waals surface area contributed by atoms with Crippen molar-refractivity contribution in [3.63, 3.8) is 0 Å². The van der Waals surface area contributed by atoms with Gasteiger partial charge in [0.25, 0.3) is 0 Å². The maximum Gasteiger partial charge on any atom is 0.179 e. The molecule has 1 heterocycles. The van der Waals surface area contributed by atoms with E-state index < -0.39 is 8.07 Å². The third-order valence-corrected chi connectivity index (χ3v) is 18.3. The molecule has 11 aromatic carbocycles. The Kier molecular flexibility index (Phi) is 10.2. The van der Waals surface area contributed by atoms with E-state index in [2.05, 4.69) is 289 Å². The first kappa shape index (κ1) is 40.0. The van der Waals surface area contributed by atoms with Crippen molar-refractivity contribution >= 4 is 78.5 Å². The van der Waals surface area contributed by atoms with Crippen LogP contribution < -0.4 is 25.6 Å². The van der Waals surface area contributed by atoms with Gasteiger partial charge < -0.3 is 9.47 Å². The molecule has 0 unspecified atom stereocenters. The summed E-state index contributed by atoms with van der Waals surface area (Å²) in [5.74, 6) is 0. The summed E-state index contributed by atoms with van der Waals surface area (Å²) in [5, 5.41) is 10.4. The number of hydrogen-bond acceptors (Lipinski definition) is 1. The van der Waals surface area contributed by atoms with Gasteiger partial charge in [-0.1, -0.05) is 224 Å². The molecule has 1 aromatic heterocycles.